The van der Waals surface area contributed by atoms with E-state index in [1.54, 1.807) is 0 Å². The maximum atomic E-state index is 5.94. The van der Waals surface area contributed by atoms with Crippen LogP contribution in [0.25, 0.3) is 0 Å². The minimum absolute atomic E-state index is 0.00345. The Hall–Kier alpha value is -0.570. The summed E-state index contributed by atoms with van der Waals surface area (Å²) in [6, 6.07) is 8.20. The largest absolute Gasteiger partial charge is 0.326 e. The quantitative estimate of drug-likeness (QED) is 0.568. The SMILES string of the molecule is CNC(Cl)Cc1ccc(CN)cc1. The lowest BCUT2D eigenvalue weighted by Gasteiger charge is -2.07. The average molecular weight is 199 g/mol. The molecule has 3 N–H and O–H groups in total. The molecule has 72 valence electrons. The molecule has 0 radical (unpaired) electrons. The molecule has 0 spiro atoms. The third-order valence-corrected chi connectivity index (χ3v) is 2.36. The summed E-state index contributed by atoms with van der Waals surface area (Å²) >= 11 is 5.94. The first kappa shape index (κ1) is 10.5. The highest BCUT2D eigenvalue weighted by Gasteiger charge is 2.01. The minimum atomic E-state index is 0.00345. The summed E-state index contributed by atoms with van der Waals surface area (Å²) in [5.74, 6) is 0. The van der Waals surface area contributed by atoms with E-state index in [9.17, 15) is 0 Å². The zero-order valence-electron chi connectivity index (χ0n) is 7.76. The van der Waals surface area contributed by atoms with Crippen LogP contribution in [-0.4, -0.2) is 12.5 Å². The Bertz CT molecular complexity index is 246. The number of alkyl halides is 1. The van der Waals surface area contributed by atoms with Crippen molar-refractivity contribution in [3.63, 3.8) is 0 Å². The number of hydrogen-bond acceptors (Lipinski definition) is 2. The number of nitrogens with one attached hydrogen (secondary N) is 1. The second kappa shape index (κ2) is 5.22. The summed E-state index contributed by atoms with van der Waals surface area (Å²) in [6.07, 6.45) is 0.836. The van der Waals surface area contributed by atoms with Crippen molar-refractivity contribution in [2.24, 2.45) is 5.73 Å². The van der Waals surface area contributed by atoms with Crippen LogP contribution in [-0.2, 0) is 13.0 Å². The monoisotopic (exact) mass is 198 g/mol. The van der Waals surface area contributed by atoms with E-state index in [-0.39, 0.29) is 5.50 Å². The van der Waals surface area contributed by atoms with Crippen molar-refractivity contribution in [2.45, 2.75) is 18.5 Å². The van der Waals surface area contributed by atoms with Gasteiger partial charge >= 0.3 is 0 Å². The fourth-order valence-electron chi connectivity index (χ4n) is 1.12. The van der Waals surface area contributed by atoms with Crippen LogP contribution >= 0.6 is 11.6 Å². The molecule has 0 aliphatic rings. The molecule has 1 unspecified atom stereocenters. The molecule has 0 saturated carbocycles. The van der Waals surface area contributed by atoms with Gasteiger partial charge in [0.25, 0.3) is 0 Å². The molecule has 13 heavy (non-hydrogen) atoms. The molecular weight excluding hydrogens is 184 g/mol. The van der Waals surface area contributed by atoms with Crippen LogP contribution in [0.3, 0.4) is 0 Å². The molecule has 0 aromatic heterocycles. The molecule has 1 aromatic rings. The van der Waals surface area contributed by atoms with Crippen LogP contribution in [0.15, 0.2) is 24.3 Å². The normalized spacial score (nSPS) is 12.8. The first-order valence-electron chi connectivity index (χ1n) is 4.35. The Balaban J connectivity index is 2.58. The second-order valence-electron chi connectivity index (χ2n) is 2.98. The molecule has 1 atom stereocenters. The molecule has 0 amide bonds. The van der Waals surface area contributed by atoms with Crippen LogP contribution in [0, 0.1) is 0 Å². The second-order valence-corrected chi connectivity index (χ2v) is 3.51. The van der Waals surface area contributed by atoms with Gasteiger partial charge in [-0.2, -0.15) is 0 Å². The van der Waals surface area contributed by atoms with Crippen LogP contribution in [0.5, 0.6) is 0 Å². The van der Waals surface area contributed by atoms with Gasteiger partial charge in [0.05, 0.1) is 5.50 Å². The van der Waals surface area contributed by atoms with E-state index in [2.05, 4.69) is 17.4 Å². The van der Waals surface area contributed by atoms with Gasteiger partial charge in [-0.15, -0.1) is 11.6 Å². The fraction of sp³-hybridized carbons (Fsp3) is 0.400. The summed E-state index contributed by atoms with van der Waals surface area (Å²) in [5.41, 5.74) is 7.87. The number of rotatable bonds is 4. The fourth-order valence-corrected chi connectivity index (χ4v) is 1.30. The van der Waals surface area contributed by atoms with Crippen molar-refractivity contribution in [2.75, 3.05) is 7.05 Å². The number of halogens is 1. The molecule has 0 saturated heterocycles. The first-order chi connectivity index (χ1) is 6.26. The summed E-state index contributed by atoms with van der Waals surface area (Å²) in [7, 11) is 1.85. The van der Waals surface area contributed by atoms with Crippen molar-refractivity contribution in [1.29, 1.82) is 0 Å². The van der Waals surface area contributed by atoms with E-state index >= 15 is 0 Å². The van der Waals surface area contributed by atoms with Crippen LogP contribution in [0.1, 0.15) is 11.1 Å². The standard InChI is InChI=1S/C10H15ClN2/c1-13-10(11)6-8-2-4-9(7-12)5-3-8/h2-5,10,13H,6-7,12H2,1H3. The molecule has 0 fully saturated rings. The zero-order valence-corrected chi connectivity index (χ0v) is 8.51. The van der Waals surface area contributed by atoms with Gasteiger partial charge in [0.15, 0.2) is 0 Å². The van der Waals surface area contributed by atoms with E-state index < -0.39 is 0 Å². The summed E-state index contributed by atoms with van der Waals surface area (Å²) in [4.78, 5) is 0. The maximum Gasteiger partial charge on any atom is 0.0863 e. The highest BCUT2D eigenvalue weighted by atomic mass is 35.5. The summed E-state index contributed by atoms with van der Waals surface area (Å²) in [5, 5.41) is 2.98. The predicted molar refractivity (Wildman–Crippen MR) is 56.7 cm³/mol. The lowest BCUT2D eigenvalue weighted by atomic mass is 10.1. The number of likely N-dealkylation sites (N-methyl/N-ethyl adjacent to an activating group) is 1. The molecule has 1 rings (SSSR count). The molecule has 0 heterocycles. The molecule has 0 aliphatic carbocycles. The van der Waals surface area contributed by atoms with Gasteiger partial charge < -0.3 is 11.1 Å². The van der Waals surface area contributed by atoms with Crippen LogP contribution < -0.4 is 11.1 Å². The highest BCUT2D eigenvalue weighted by molar-refractivity contribution is 6.20. The third-order valence-electron chi connectivity index (χ3n) is 1.99. The smallest absolute Gasteiger partial charge is 0.0863 e. The number of benzene rings is 1. The van der Waals surface area contributed by atoms with Crippen molar-refractivity contribution >= 4 is 11.6 Å². The summed E-state index contributed by atoms with van der Waals surface area (Å²) < 4.78 is 0. The maximum absolute atomic E-state index is 5.94. The lowest BCUT2D eigenvalue weighted by Crippen LogP contribution is -2.20. The lowest BCUT2D eigenvalue weighted by molar-refractivity contribution is 0.726. The first-order valence-corrected chi connectivity index (χ1v) is 4.79. The molecule has 1 aromatic carbocycles. The van der Waals surface area contributed by atoms with E-state index in [4.69, 9.17) is 17.3 Å². The van der Waals surface area contributed by atoms with Gasteiger partial charge in [-0.25, -0.2) is 0 Å². The van der Waals surface area contributed by atoms with E-state index in [1.165, 1.54) is 5.56 Å². The minimum Gasteiger partial charge on any atom is -0.326 e. The van der Waals surface area contributed by atoms with Gasteiger partial charge in [0.2, 0.25) is 0 Å². The van der Waals surface area contributed by atoms with Gasteiger partial charge in [0, 0.05) is 13.0 Å². The van der Waals surface area contributed by atoms with Crippen LogP contribution in [0.2, 0.25) is 0 Å². The Morgan fingerprint density at radius 1 is 1.31 bits per heavy atom. The molecule has 3 heteroatoms. The van der Waals surface area contributed by atoms with Gasteiger partial charge in [-0.3, -0.25) is 0 Å². The molecular formula is C10H15ClN2. The van der Waals surface area contributed by atoms with E-state index in [0.29, 0.717) is 6.54 Å². The molecule has 0 aliphatic heterocycles. The third kappa shape index (κ3) is 3.35. The predicted octanol–water partition coefficient (Wildman–Crippen LogP) is 1.47. The molecule has 2 nitrogen and oxygen atoms in total. The number of hydrogen-bond donors (Lipinski definition) is 2. The zero-order chi connectivity index (χ0) is 9.68. The van der Waals surface area contributed by atoms with Gasteiger partial charge in [-0.1, -0.05) is 24.3 Å². The molecule has 0 bridgehead atoms. The van der Waals surface area contributed by atoms with Crippen molar-refractivity contribution < 1.29 is 0 Å². The topological polar surface area (TPSA) is 38.0 Å². The Labute approximate surface area is 84.1 Å². The number of nitrogens with two attached hydrogens (primary N) is 1. The van der Waals surface area contributed by atoms with Gasteiger partial charge in [0.1, 0.15) is 0 Å². The van der Waals surface area contributed by atoms with Crippen LogP contribution in [0.4, 0.5) is 0 Å². The highest BCUT2D eigenvalue weighted by Crippen LogP contribution is 2.07. The van der Waals surface area contributed by atoms with E-state index in [1.807, 2.05) is 19.2 Å². The Morgan fingerprint density at radius 2 is 1.85 bits per heavy atom. The average Bonchev–Trinajstić information content (AvgIpc) is 2.19. The van der Waals surface area contributed by atoms with Crippen molar-refractivity contribution in [1.82, 2.24) is 5.32 Å². The van der Waals surface area contributed by atoms with Gasteiger partial charge in [-0.05, 0) is 18.2 Å². The summed E-state index contributed by atoms with van der Waals surface area (Å²) in [6.45, 7) is 0.594. The van der Waals surface area contributed by atoms with E-state index in [0.717, 1.165) is 12.0 Å². The Morgan fingerprint density at radius 3 is 2.31 bits per heavy atom. The Kier molecular flexibility index (Phi) is 4.22. The van der Waals surface area contributed by atoms with Crippen molar-refractivity contribution in [3.05, 3.63) is 35.4 Å². The van der Waals surface area contributed by atoms with Crippen molar-refractivity contribution in [3.8, 4) is 0 Å².